The fraction of sp³-hybridized carbons (Fsp3) is 0.800. The van der Waals surface area contributed by atoms with Crippen LogP contribution in [0.15, 0.2) is 12.7 Å². The van der Waals surface area contributed by atoms with Crippen LogP contribution in [0.4, 0.5) is 0 Å². The molecule has 0 rings (SSSR count). The Morgan fingerprint density at radius 3 is 2.67 bits per heavy atom. The van der Waals surface area contributed by atoms with Crippen molar-refractivity contribution >= 4 is 27.7 Å². The molecule has 2 heteroatoms. The smallest absolute Gasteiger partial charge is 0.0120 e. The molecule has 0 saturated carbocycles. The zero-order valence-electron chi connectivity index (χ0n) is 8.11. The predicted octanol–water partition coefficient (Wildman–Crippen LogP) is 4.11. The van der Waals surface area contributed by atoms with E-state index in [1.54, 1.807) is 0 Å². The molecule has 0 bridgehead atoms. The van der Waals surface area contributed by atoms with Gasteiger partial charge in [0.2, 0.25) is 0 Å². The van der Waals surface area contributed by atoms with Crippen molar-refractivity contribution in [1.82, 2.24) is 0 Å². The van der Waals surface area contributed by atoms with Gasteiger partial charge >= 0.3 is 0 Å². The number of rotatable bonds is 7. The molecule has 1 unspecified atom stereocenters. The molecule has 0 aliphatic rings. The van der Waals surface area contributed by atoms with Crippen LogP contribution >= 0.6 is 27.7 Å². The summed E-state index contributed by atoms with van der Waals surface area (Å²) in [5.41, 5.74) is 0.300. The van der Waals surface area contributed by atoms with E-state index in [0.29, 0.717) is 5.41 Å². The minimum atomic E-state index is 0.300. The quantitative estimate of drug-likeness (QED) is 0.373. The first-order valence-electron chi connectivity index (χ1n) is 4.46. The molecule has 0 aromatic rings. The summed E-state index contributed by atoms with van der Waals surface area (Å²) in [4.78, 5) is 0. The average molecular weight is 251 g/mol. The Balaban J connectivity index is 3.51. The molecule has 0 aliphatic carbocycles. The van der Waals surface area contributed by atoms with Crippen LogP contribution in [0.25, 0.3) is 0 Å². The average Bonchev–Trinajstić information content (AvgIpc) is 2.12. The third kappa shape index (κ3) is 5.26. The first-order chi connectivity index (χ1) is 5.68. The minimum Gasteiger partial charge on any atom is -0.162 e. The van der Waals surface area contributed by atoms with Crippen LogP contribution in [-0.2, 0) is 0 Å². The maximum Gasteiger partial charge on any atom is 0.0120 e. The van der Waals surface area contributed by atoms with Gasteiger partial charge in [0.15, 0.2) is 0 Å². The molecule has 0 amide bonds. The summed E-state index contributed by atoms with van der Waals surface area (Å²) in [5, 5.41) is 1.03. The van der Waals surface area contributed by atoms with Crippen molar-refractivity contribution in [2.24, 2.45) is 5.41 Å². The number of thioether (sulfide) groups is 1. The molecule has 0 N–H and O–H groups in total. The normalized spacial score (nSPS) is 15.6. The van der Waals surface area contributed by atoms with Crippen LogP contribution < -0.4 is 0 Å². The van der Waals surface area contributed by atoms with Gasteiger partial charge in [-0.3, -0.25) is 0 Å². The predicted molar refractivity (Wildman–Crippen MR) is 64.3 cm³/mol. The maximum atomic E-state index is 3.87. The van der Waals surface area contributed by atoms with E-state index in [1.165, 1.54) is 24.3 Å². The molecule has 12 heavy (non-hydrogen) atoms. The number of allylic oxidation sites excluding steroid dienone is 1. The van der Waals surface area contributed by atoms with Crippen LogP contribution in [-0.4, -0.2) is 16.8 Å². The fourth-order valence-corrected chi connectivity index (χ4v) is 2.09. The minimum absolute atomic E-state index is 0.300. The van der Waals surface area contributed by atoms with E-state index in [-0.39, 0.29) is 0 Å². The highest BCUT2D eigenvalue weighted by Gasteiger charge is 2.17. The van der Waals surface area contributed by atoms with E-state index in [1.807, 2.05) is 11.8 Å². The van der Waals surface area contributed by atoms with Crippen molar-refractivity contribution in [2.45, 2.75) is 26.7 Å². The number of alkyl halides is 1. The van der Waals surface area contributed by atoms with E-state index in [2.05, 4.69) is 42.4 Å². The molecule has 0 nitrogen and oxygen atoms in total. The van der Waals surface area contributed by atoms with Gasteiger partial charge in [-0.15, -0.1) is 6.58 Å². The first kappa shape index (κ1) is 12.6. The summed E-state index contributed by atoms with van der Waals surface area (Å²) in [6.07, 6.45) is 4.61. The summed E-state index contributed by atoms with van der Waals surface area (Å²) >= 11 is 5.54. The van der Waals surface area contributed by atoms with Gasteiger partial charge in [0, 0.05) is 5.33 Å². The third-order valence-electron chi connectivity index (χ3n) is 2.04. The molecular formula is C10H19BrS. The number of hydrogen-bond acceptors (Lipinski definition) is 1. The standard InChI is InChI=1S/C10H19BrS/c1-4-10(3,9-11)7-6-8-12-5-2/h4H,1,5-9H2,2-3H3. The van der Waals surface area contributed by atoms with Gasteiger partial charge in [0.05, 0.1) is 0 Å². The van der Waals surface area contributed by atoms with Gasteiger partial charge < -0.3 is 0 Å². The molecule has 0 fully saturated rings. The Morgan fingerprint density at radius 1 is 1.58 bits per heavy atom. The van der Waals surface area contributed by atoms with Crippen molar-refractivity contribution in [3.05, 3.63) is 12.7 Å². The zero-order chi connectivity index (χ0) is 9.45. The number of halogens is 1. The molecule has 0 aromatic heterocycles. The summed E-state index contributed by atoms with van der Waals surface area (Å²) < 4.78 is 0. The van der Waals surface area contributed by atoms with Crippen LogP contribution in [0.3, 0.4) is 0 Å². The van der Waals surface area contributed by atoms with E-state index >= 15 is 0 Å². The zero-order valence-corrected chi connectivity index (χ0v) is 10.5. The second-order valence-electron chi connectivity index (χ2n) is 3.29. The molecule has 0 spiro atoms. The van der Waals surface area contributed by atoms with Crippen LogP contribution in [0, 0.1) is 5.41 Å². The van der Waals surface area contributed by atoms with Crippen LogP contribution in [0.1, 0.15) is 26.7 Å². The molecule has 0 aromatic carbocycles. The second kappa shape index (κ2) is 7.02. The Hall–Kier alpha value is 0.570. The lowest BCUT2D eigenvalue weighted by atomic mass is 9.88. The van der Waals surface area contributed by atoms with Gasteiger partial charge in [0.25, 0.3) is 0 Å². The fourth-order valence-electron chi connectivity index (χ4n) is 0.946. The lowest BCUT2D eigenvalue weighted by molar-refractivity contribution is 0.447. The van der Waals surface area contributed by atoms with Crippen molar-refractivity contribution in [1.29, 1.82) is 0 Å². The lowest BCUT2D eigenvalue weighted by Gasteiger charge is -2.22. The summed E-state index contributed by atoms with van der Waals surface area (Å²) in [5.74, 6) is 2.52. The Bertz CT molecular complexity index is 125. The Morgan fingerprint density at radius 2 is 2.25 bits per heavy atom. The van der Waals surface area contributed by atoms with Gasteiger partial charge in [-0.05, 0) is 29.8 Å². The first-order valence-corrected chi connectivity index (χ1v) is 6.73. The Kier molecular flexibility index (Phi) is 7.35. The highest BCUT2D eigenvalue weighted by atomic mass is 79.9. The van der Waals surface area contributed by atoms with E-state index in [4.69, 9.17) is 0 Å². The molecule has 72 valence electrons. The van der Waals surface area contributed by atoms with Gasteiger partial charge in [0.1, 0.15) is 0 Å². The van der Waals surface area contributed by atoms with Gasteiger partial charge in [-0.1, -0.05) is 35.9 Å². The summed E-state index contributed by atoms with van der Waals surface area (Å²) in [6, 6.07) is 0. The monoisotopic (exact) mass is 250 g/mol. The molecule has 0 aliphatic heterocycles. The van der Waals surface area contributed by atoms with Crippen molar-refractivity contribution in [3.63, 3.8) is 0 Å². The third-order valence-corrected chi connectivity index (χ3v) is 4.31. The summed E-state index contributed by atoms with van der Waals surface area (Å²) in [6.45, 7) is 8.33. The van der Waals surface area contributed by atoms with Gasteiger partial charge in [-0.25, -0.2) is 0 Å². The molecule has 0 radical (unpaired) electrons. The SMILES string of the molecule is C=CC(C)(CBr)CCCSCC. The van der Waals surface area contributed by atoms with E-state index in [0.717, 1.165) is 5.33 Å². The van der Waals surface area contributed by atoms with Gasteiger partial charge in [-0.2, -0.15) is 11.8 Å². The lowest BCUT2D eigenvalue weighted by Crippen LogP contribution is -2.14. The molecule has 0 saturated heterocycles. The van der Waals surface area contributed by atoms with Crippen LogP contribution in [0.5, 0.6) is 0 Å². The molecule has 0 heterocycles. The molecular weight excluding hydrogens is 232 g/mol. The van der Waals surface area contributed by atoms with E-state index < -0.39 is 0 Å². The van der Waals surface area contributed by atoms with Crippen molar-refractivity contribution in [3.8, 4) is 0 Å². The van der Waals surface area contributed by atoms with Crippen molar-refractivity contribution < 1.29 is 0 Å². The summed E-state index contributed by atoms with van der Waals surface area (Å²) in [7, 11) is 0. The van der Waals surface area contributed by atoms with E-state index in [9.17, 15) is 0 Å². The highest BCUT2D eigenvalue weighted by molar-refractivity contribution is 9.09. The maximum absolute atomic E-state index is 3.87. The van der Waals surface area contributed by atoms with Crippen molar-refractivity contribution in [2.75, 3.05) is 16.8 Å². The highest BCUT2D eigenvalue weighted by Crippen LogP contribution is 2.27. The molecule has 1 atom stereocenters. The Labute approximate surface area is 89.3 Å². The second-order valence-corrected chi connectivity index (χ2v) is 5.25. The van der Waals surface area contributed by atoms with Crippen LogP contribution in [0.2, 0.25) is 0 Å². The number of hydrogen-bond donors (Lipinski definition) is 0. The largest absolute Gasteiger partial charge is 0.162 e. The topological polar surface area (TPSA) is 0 Å².